The molecule has 2 aromatic heterocycles. The van der Waals surface area contributed by atoms with E-state index in [0.29, 0.717) is 11.8 Å². The van der Waals surface area contributed by atoms with E-state index in [0.717, 1.165) is 37.8 Å². The Labute approximate surface area is 200 Å². The van der Waals surface area contributed by atoms with E-state index in [4.69, 9.17) is 4.42 Å². The molecule has 7 heteroatoms. The first-order valence-corrected chi connectivity index (χ1v) is 12.0. The maximum Gasteiger partial charge on any atom is 0.354 e. The number of fused-ring (bicyclic) bond motifs is 2. The van der Waals surface area contributed by atoms with Gasteiger partial charge in [-0.2, -0.15) is 0 Å². The van der Waals surface area contributed by atoms with Crippen LogP contribution in [-0.4, -0.2) is 9.67 Å². The highest BCUT2D eigenvalue weighted by Crippen LogP contribution is 2.42. The molecule has 3 heterocycles. The number of hydrogen-bond acceptors (Lipinski definition) is 5. The quantitative estimate of drug-likeness (QED) is 0.303. The molecule has 1 unspecified atom stereocenters. The molecule has 0 amide bonds. The molecule has 0 radical (unpaired) electrons. The fourth-order valence-electron chi connectivity index (χ4n) is 4.61. The van der Waals surface area contributed by atoms with E-state index >= 15 is 0 Å². The SMILES string of the molecule is O=c1oc2c(c(O)c1Sc1ccccc1Br)c(=O)n1c3c(cccc23)CC1c1ccccc1. The predicted molar refractivity (Wildman–Crippen MR) is 132 cm³/mol. The van der Waals surface area contributed by atoms with Crippen molar-refractivity contribution in [3.05, 3.63) is 109 Å². The Morgan fingerprint density at radius 3 is 2.52 bits per heavy atom. The van der Waals surface area contributed by atoms with Gasteiger partial charge in [-0.05, 0) is 51.7 Å². The van der Waals surface area contributed by atoms with Gasteiger partial charge in [-0.15, -0.1) is 0 Å². The number of halogens is 1. The molecule has 0 spiro atoms. The standard InChI is InChI=1S/C26H16BrNO4S/c27-17-11-4-5-12-19(17)33-24-22(29)20-23(32-26(24)31)16-10-6-9-15-13-18(14-7-2-1-3-8-14)28(21(15)16)25(20)30/h1-12,18,29H,13H2. The minimum absolute atomic E-state index is 0.0101. The molecule has 1 atom stereocenters. The molecule has 162 valence electrons. The molecule has 1 aliphatic rings. The Morgan fingerprint density at radius 2 is 1.73 bits per heavy atom. The number of para-hydroxylation sites is 1. The second kappa shape index (κ2) is 7.64. The summed E-state index contributed by atoms with van der Waals surface area (Å²) in [5, 5.41) is 11.9. The van der Waals surface area contributed by atoms with Crippen molar-refractivity contribution in [1.82, 2.24) is 4.57 Å². The fraction of sp³-hybridized carbons (Fsp3) is 0.0769. The number of aromatic hydroxyl groups is 1. The monoisotopic (exact) mass is 517 g/mol. The molecule has 3 aromatic carbocycles. The van der Waals surface area contributed by atoms with Crippen LogP contribution in [0.25, 0.3) is 21.9 Å². The van der Waals surface area contributed by atoms with Crippen molar-refractivity contribution in [2.45, 2.75) is 22.3 Å². The van der Waals surface area contributed by atoms with E-state index in [1.807, 2.05) is 72.8 Å². The first kappa shape index (κ1) is 20.3. The summed E-state index contributed by atoms with van der Waals surface area (Å²) in [5.74, 6) is -0.346. The maximum absolute atomic E-state index is 13.8. The average Bonchev–Trinajstić information content (AvgIpc) is 3.22. The summed E-state index contributed by atoms with van der Waals surface area (Å²) in [6.45, 7) is 0. The Balaban J connectivity index is 1.67. The van der Waals surface area contributed by atoms with Gasteiger partial charge in [0.2, 0.25) is 0 Å². The number of hydrogen-bond donors (Lipinski definition) is 1. The molecular weight excluding hydrogens is 502 g/mol. The van der Waals surface area contributed by atoms with E-state index in [1.165, 1.54) is 0 Å². The first-order chi connectivity index (χ1) is 16.0. The molecule has 5 aromatic rings. The van der Waals surface area contributed by atoms with Gasteiger partial charge < -0.3 is 9.52 Å². The predicted octanol–water partition coefficient (Wildman–Crippen LogP) is 5.87. The van der Waals surface area contributed by atoms with Crippen molar-refractivity contribution < 1.29 is 9.52 Å². The molecule has 1 N–H and O–H groups in total. The van der Waals surface area contributed by atoms with Gasteiger partial charge in [0.1, 0.15) is 10.3 Å². The zero-order valence-electron chi connectivity index (χ0n) is 17.1. The highest BCUT2D eigenvalue weighted by Gasteiger charge is 2.31. The minimum atomic E-state index is -0.677. The summed E-state index contributed by atoms with van der Waals surface area (Å²) in [4.78, 5) is 27.5. The lowest BCUT2D eigenvalue weighted by molar-refractivity contribution is 0.446. The molecule has 33 heavy (non-hydrogen) atoms. The van der Waals surface area contributed by atoms with Gasteiger partial charge in [-0.1, -0.05) is 66.4 Å². The van der Waals surface area contributed by atoms with Gasteiger partial charge in [0.05, 0.1) is 11.6 Å². The molecule has 0 bridgehead atoms. The second-order valence-corrected chi connectivity index (χ2v) is 9.83. The molecule has 0 fully saturated rings. The summed E-state index contributed by atoms with van der Waals surface area (Å²) in [6, 6.07) is 22.7. The number of benzene rings is 3. The Kier molecular flexibility index (Phi) is 4.71. The van der Waals surface area contributed by atoms with Crippen molar-refractivity contribution >= 4 is 49.6 Å². The lowest BCUT2D eigenvalue weighted by Crippen LogP contribution is -2.24. The molecule has 0 saturated heterocycles. The molecule has 5 nitrogen and oxygen atoms in total. The van der Waals surface area contributed by atoms with Crippen LogP contribution in [0.5, 0.6) is 5.75 Å². The van der Waals surface area contributed by atoms with Crippen molar-refractivity contribution in [2.75, 3.05) is 0 Å². The number of pyridine rings is 1. The Morgan fingerprint density at radius 1 is 0.970 bits per heavy atom. The average molecular weight is 518 g/mol. The van der Waals surface area contributed by atoms with Crippen molar-refractivity contribution in [1.29, 1.82) is 0 Å². The number of rotatable bonds is 3. The smallest absolute Gasteiger partial charge is 0.354 e. The van der Waals surface area contributed by atoms with Crippen molar-refractivity contribution in [3.63, 3.8) is 0 Å². The first-order valence-electron chi connectivity index (χ1n) is 10.4. The molecule has 1 aliphatic heterocycles. The summed E-state index contributed by atoms with van der Waals surface area (Å²) in [5.41, 5.74) is 1.85. The van der Waals surface area contributed by atoms with Crippen molar-refractivity contribution in [2.24, 2.45) is 0 Å². The Hall–Kier alpha value is -3.29. The third-order valence-electron chi connectivity index (χ3n) is 6.05. The zero-order valence-corrected chi connectivity index (χ0v) is 19.5. The summed E-state index contributed by atoms with van der Waals surface area (Å²) >= 11 is 4.53. The van der Waals surface area contributed by atoms with Gasteiger partial charge in [-0.25, -0.2) is 4.79 Å². The van der Waals surface area contributed by atoms with Crippen LogP contribution >= 0.6 is 27.7 Å². The minimum Gasteiger partial charge on any atom is -0.505 e. The van der Waals surface area contributed by atoms with E-state index in [9.17, 15) is 14.7 Å². The van der Waals surface area contributed by atoms with Crippen LogP contribution in [0.1, 0.15) is 17.2 Å². The number of aromatic nitrogens is 1. The Bertz CT molecular complexity index is 1690. The van der Waals surface area contributed by atoms with E-state index in [1.54, 1.807) is 4.57 Å². The largest absolute Gasteiger partial charge is 0.505 e. The van der Waals surface area contributed by atoms with Gasteiger partial charge in [0.15, 0.2) is 11.3 Å². The van der Waals surface area contributed by atoms with Crippen LogP contribution in [-0.2, 0) is 6.42 Å². The van der Waals surface area contributed by atoms with Crippen molar-refractivity contribution in [3.8, 4) is 5.75 Å². The van der Waals surface area contributed by atoms with E-state index < -0.39 is 5.63 Å². The summed E-state index contributed by atoms with van der Waals surface area (Å²) < 4.78 is 8.20. The lowest BCUT2D eigenvalue weighted by atomic mass is 10.0. The van der Waals surface area contributed by atoms with Crippen LogP contribution in [0.4, 0.5) is 0 Å². The lowest BCUT2D eigenvalue weighted by Gasteiger charge is -2.16. The highest BCUT2D eigenvalue weighted by atomic mass is 79.9. The topological polar surface area (TPSA) is 72.4 Å². The van der Waals surface area contributed by atoms with E-state index in [2.05, 4.69) is 15.9 Å². The van der Waals surface area contributed by atoms with Crippen LogP contribution in [0, 0.1) is 0 Å². The van der Waals surface area contributed by atoms with E-state index in [-0.39, 0.29) is 33.2 Å². The molecule has 0 aliphatic carbocycles. The normalized spacial score (nSPS) is 14.9. The van der Waals surface area contributed by atoms with Crippen LogP contribution in [0.2, 0.25) is 0 Å². The fourth-order valence-corrected chi connectivity index (χ4v) is 5.99. The van der Waals surface area contributed by atoms with Gasteiger partial charge in [-0.3, -0.25) is 9.36 Å². The third-order valence-corrected chi connectivity index (χ3v) is 8.15. The second-order valence-electron chi connectivity index (χ2n) is 7.92. The zero-order chi connectivity index (χ0) is 22.7. The third kappa shape index (κ3) is 3.07. The van der Waals surface area contributed by atoms with Crippen LogP contribution in [0.3, 0.4) is 0 Å². The van der Waals surface area contributed by atoms with Crippen LogP contribution in [0.15, 0.2) is 101 Å². The molecule has 6 rings (SSSR count). The highest BCUT2D eigenvalue weighted by molar-refractivity contribution is 9.10. The molecule has 0 saturated carbocycles. The number of nitrogens with zero attached hydrogens (tertiary/aromatic N) is 1. The van der Waals surface area contributed by atoms with Crippen LogP contribution < -0.4 is 11.2 Å². The van der Waals surface area contributed by atoms with Gasteiger partial charge in [0, 0.05) is 14.8 Å². The maximum atomic E-state index is 13.8. The van der Waals surface area contributed by atoms with Gasteiger partial charge in [0.25, 0.3) is 5.56 Å². The summed E-state index contributed by atoms with van der Waals surface area (Å²) in [7, 11) is 0. The molecular formula is C26H16BrNO4S. The van der Waals surface area contributed by atoms with Gasteiger partial charge >= 0.3 is 5.63 Å². The summed E-state index contributed by atoms with van der Waals surface area (Å²) in [6.07, 6.45) is 0.649.